The summed E-state index contributed by atoms with van der Waals surface area (Å²) in [5.74, 6) is 0.642. The minimum atomic E-state index is -0.0854. The Morgan fingerprint density at radius 3 is 3.00 bits per heavy atom. The SMILES string of the molecule is CSc1cccc(OCC(=O)NCCN2CCOCC2)c1. The standard InChI is InChI=1S/C15H22N2O3S/c1-21-14-4-2-3-13(11-14)20-12-15(18)16-5-6-17-7-9-19-10-8-17/h2-4,11H,5-10,12H2,1H3,(H,16,18). The number of hydrogen-bond donors (Lipinski definition) is 1. The molecular weight excluding hydrogens is 288 g/mol. The fraction of sp³-hybridized carbons (Fsp3) is 0.533. The highest BCUT2D eigenvalue weighted by Gasteiger charge is 2.10. The van der Waals surface area contributed by atoms with Crippen LogP contribution in [0.3, 0.4) is 0 Å². The number of carbonyl (C=O) groups excluding carboxylic acids is 1. The van der Waals surface area contributed by atoms with Crippen LogP contribution in [-0.4, -0.2) is 63.1 Å². The van der Waals surface area contributed by atoms with Gasteiger partial charge in [0.1, 0.15) is 5.75 Å². The van der Waals surface area contributed by atoms with E-state index in [0.717, 1.165) is 43.5 Å². The number of nitrogens with zero attached hydrogens (tertiary/aromatic N) is 1. The number of morpholine rings is 1. The molecule has 5 nitrogen and oxygen atoms in total. The molecule has 0 spiro atoms. The minimum absolute atomic E-state index is 0.0565. The fourth-order valence-corrected chi connectivity index (χ4v) is 2.52. The summed E-state index contributed by atoms with van der Waals surface area (Å²) < 4.78 is 10.8. The summed E-state index contributed by atoms with van der Waals surface area (Å²) in [5.41, 5.74) is 0. The van der Waals surface area contributed by atoms with Crippen LogP contribution < -0.4 is 10.1 Å². The lowest BCUT2D eigenvalue weighted by molar-refractivity contribution is -0.123. The van der Waals surface area contributed by atoms with Crippen LogP contribution in [0.15, 0.2) is 29.2 Å². The van der Waals surface area contributed by atoms with E-state index in [1.807, 2.05) is 30.5 Å². The van der Waals surface area contributed by atoms with Crippen LogP contribution in [-0.2, 0) is 9.53 Å². The summed E-state index contributed by atoms with van der Waals surface area (Å²) in [6, 6.07) is 7.74. The molecule has 1 aromatic rings. The molecule has 1 saturated heterocycles. The molecular formula is C15H22N2O3S. The van der Waals surface area contributed by atoms with Crippen molar-refractivity contribution in [1.82, 2.24) is 10.2 Å². The van der Waals surface area contributed by atoms with E-state index in [4.69, 9.17) is 9.47 Å². The van der Waals surface area contributed by atoms with E-state index < -0.39 is 0 Å². The molecule has 2 rings (SSSR count). The fourth-order valence-electron chi connectivity index (χ4n) is 2.07. The molecule has 1 N–H and O–H groups in total. The van der Waals surface area contributed by atoms with E-state index in [-0.39, 0.29) is 12.5 Å². The maximum absolute atomic E-state index is 11.7. The number of ether oxygens (including phenoxy) is 2. The van der Waals surface area contributed by atoms with Crippen LogP contribution in [0.2, 0.25) is 0 Å². The second-order valence-corrected chi connectivity index (χ2v) is 5.65. The number of rotatable bonds is 7. The molecule has 0 saturated carbocycles. The molecule has 21 heavy (non-hydrogen) atoms. The third-order valence-corrected chi connectivity index (χ3v) is 3.99. The average Bonchev–Trinajstić information content (AvgIpc) is 2.54. The van der Waals surface area contributed by atoms with Crippen LogP contribution in [0, 0.1) is 0 Å². The van der Waals surface area contributed by atoms with Gasteiger partial charge in [-0.25, -0.2) is 0 Å². The second-order valence-electron chi connectivity index (χ2n) is 4.77. The van der Waals surface area contributed by atoms with Crippen LogP contribution in [0.25, 0.3) is 0 Å². The molecule has 6 heteroatoms. The maximum Gasteiger partial charge on any atom is 0.257 e. The molecule has 1 aliphatic heterocycles. The van der Waals surface area contributed by atoms with E-state index in [9.17, 15) is 4.79 Å². The van der Waals surface area contributed by atoms with Gasteiger partial charge in [-0.2, -0.15) is 0 Å². The van der Waals surface area contributed by atoms with E-state index in [0.29, 0.717) is 6.54 Å². The number of amides is 1. The Balaban J connectivity index is 1.62. The first kappa shape index (κ1) is 16.1. The van der Waals surface area contributed by atoms with Gasteiger partial charge in [-0.3, -0.25) is 9.69 Å². The lowest BCUT2D eigenvalue weighted by atomic mass is 10.3. The number of carbonyl (C=O) groups is 1. The maximum atomic E-state index is 11.7. The highest BCUT2D eigenvalue weighted by molar-refractivity contribution is 7.98. The van der Waals surface area contributed by atoms with Gasteiger partial charge in [-0.1, -0.05) is 6.07 Å². The van der Waals surface area contributed by atoms with Gasteiger partial charge in [0.15, 0.2) is 6.61 Å². The third kappa shape index (κ3) is 5.95. The predicted molar refractivity (Wildman–Crippen MR) is 84.0 cm³/mol. The van der Waals surface area contributed by atoms with Crippen molar-refractivity contribution in [2.75, 3.05) is 52.3 Å². The number of benzene rings is 1. The Morgan fingerprint density at radius 1 is 1.43 bits per heavy atom. The van der Waals surface area contributed by atoms with Crippen molar-refractivity contribution in [3.63, 3.8) is 0 Å². The minimum Gasteiger partial charge on any atom is -0.484 e. The van der Waals surface area contributed by atoms with Crippen LogP contribution >= 0.6 is 11.8 Å². The molecule has 0 atom stereocenters. The molecule has 1 aromatic carbocycles. The van der Waals surface area contributed by atoms with Gasteiger partial charge in [0.05, 0.1) is 13.2 Å². The summed E-state index contributed by atoms with van der Waals surface area (Å²) in [7, 11) is 0. The zero-order chi connectivity index (χ0) is 14.9. The van der Waals surface area contributed by atoms with Gasteiger partial charge in [-0.15, -0.1) is 11.8 Å². The van der Waals surface area contributed by atoms with Gasteiger partial charge < -0.3 is 14.8 Å². The number of nitrogens with one attached hydrogen (secondary N) is 1. The first-order valence-electron chi connectivity index (χ1n) is 7.11. The topological polar surface area (TPSA) is 50.8 Å². The first-order chi connectivity index (χ1) is 10.3. The van der Waals surface area contributed by atoms with Crippen molar-refractivity contribution < 1.29 is 14.3 Å². The largest absolute Gasteiger partial charge is 0.484 e. The molecule has 0 aromatic heterocycles. The van der Waals surface area contributed by atoms with E-state index in [1.165, 1.54) is 0 Å². The Labute approximate surface area is 130 Å². The predicted octanol–water partition coefficient (Wildman–Crippen LogP) is 1.24. The Bertz CT molecular complexity index is 450. The van der Waals surface area contributed by atoms with Gasteiger partial charge in [0.2, 0.25) is 0 Å². The summed E-state index contributed by atoms with van der Waals surface area (Å²) in [4.78, 5) is 15.1. The highest BCUT2D eigenvalue weighted by atomic mass is 32.2. The van der Waals surface area contributed by atoms with Crippen molar-refractivity contribution in [1.29, 1.82) is 0 Å². The van der Waals surface area contributed by atoms with Crippen molar-refractivity contribution >= 4 is 17.7 Å². The highest BCUT2D eigenvalue weighted by Crippen LogP contribution is 2.20. The van der Waals surface area contributed by atoms with Gasteiger partial charge >= 0.3 is 0 Å². The molecule has 1 heterocycles. The van der Waals surface area contributed by atoms with E-state index in [2.05, 4.69) is 10.2 Å². The summed E-state index contributed by atoms with van der Waals surface area (Å²) in [6.45, 7) is 5.00. The normalized spacial score (nSPS) is 15.7. The van der Waals surface area contributed by atoms with Gasteiger partial charge in [0.25, 0.3) is 5.91 Å². The summed E-state index contributed by atoms with van der Waals surface area (Å²) in [5, 5.41) is 2.88. The second kappa shape index (κ2) is 8.92. The molecule has 0 unspecified atom stereocenters. The van der Waals surface area contributed by atoms with Crippen molar-refractivity contribution in [2.45, 2.75) is 4.90 Å². The Hall–Kier alpha value is -1.24. The monoisotopic (exact) mass is 310 g/mol. The smallest absolute Gasteiger partial charge is 0.257 e. The zero-order valence-corrected chi connectivity index (χ0v) is 13.2. The quantitative estimate of drug-likeness (QED) is 0.768. The van der Waals surface area contributed by atoms with Crippen molar-refractivity contribution in [3.05, 3.63) is 24.3 Å². The number of thioether (sulfide) groups is 1. The van der Waals surface area contributed by atoms with Crippen LogP contribution in [0.1, 0.15) is 0 Å². The van der Waals surface area contributed by atoms with E-state index in [1.54, 1.807) is 11.8 Å². The van der Waals surface area contributed by atoms with Crippen molar-refractivity contribution in [3.8, 4) is 5.75 Å². The lowest BCUT2D eigenvalue weighted by Crippen LogP contribution is -2.42. The molecule has 116 valence electrons. The molecule has 0 bridgehead atoms. The van der Waals surface area contributed by atoms with Crippen LogP contribution in [0.4, 0.5) is 0 Å². The zero-order valence-electron chi connectivity index (χ0n) is 12.3. The summed E-state index contributed by atoms with van der Waals surface area (Å²) in [6.07, 6.45) is 2.01. The third-order valence-electron chi connectivity index (χ3n) is 3.27. The Kier molecular flexibility index (Phi) is 6.85. The molecule has 1 amide bonds. The molecule has 0 radical (unpaired) electrons. The molecule has 0 aliphatic carbocycles. The Morgan fingerprint density at radius 2 is 2.24 bits per heavy atom. The first-order valence-corrected chi connectivity index (χ1v) is 8.34. The number of hydrogen-bond acceptors (Lipinski definition) is 5. The molecule has 1 aliphatic rings. The van der Waals surface area contributed by atoms with E-state index >= 15 is 0 Å². The van der Waals surface area contributed by atoms with Gasteiger partial charge in [-0.05, 0) is 24.5 Å². The van der Waals surface area contributed by atoms with Gasteiger partial charge in [0, 0.05) is 31.1 Å². The summed E-state index contributed by atoms with van der Waals surface area (Å²) >= 11 is 1.65. The van der Waals surface area contributed by atoms with Crippen LogP contribution in [0.5, 0.6) is 5.75 Å². The lowest BCUT2D eigenvalue weighted by Gasteiger charge is -2.26. The molecule has 1 fully saturated rings. The van der Waals surface area contributed by atoms with Crippen molar-refractivity contribution in [2.24, 2.45) is 0 Å². The average molecular weight is 310 g/mol.